The van der Waals surface area contributed by atoms with Crippen molar-refractivity contribution >= 4 is 16.4 Å². The second-order valence-corrected chi connectivity index (χ2v) is 5.20. The molecule has 0 aromatic carbocycles. The lowest BCUT2D eigenvalue weighted by Crippen LogP contribution is -3.00. The minimum atomic E-state index is -5.17. The molecule has 0 spiro atoms. The zero-order valence-electron chi connectivity index (χ0n) is 11.7. The molecule has 0 aromatic rings. The molecular weight excluding hydrogens is 274 g/mol. The van der Waals surface area contributed by atoms with Gasteiger partial charge in [-0.2, -0.15) is 0 Å². The third-order valence-corrected chi connectivity index (χ3v) is 2.22. The molecule has 0 aromatic heterocycles. The molecule has 0 amide bonds. The molecule has 0 unspecified atom stereocenters. The van der Waals surface area contributed by atoms with E-state index in [2.05, 4.69) is 25.7 Å². The smallest absolute Gasteiger partial charge is 0.334 e. The van der Waals surface area contributed by atoms with Crippen molar-refractivity contribution < 1.29 is 32.4 Å². The molecule has 0 aliphatic carbocycles. The van der Waals surface area contributed by atoms with Crippen LogP contribution in [-0.4, -0.2) is 35.3 Å². The van der Waals surface area contributed by atoms with Crippen LogP contribution in [0.4, 0.5) is 0 Å². The minimum absolute atomic E-state index is 0.364. The van der Waals surface area contributed by atoms with Gasteiger partial charge in [0.15, 0.2) is 0 Å². The minimum Gasteiger partial charge on any atom is -0.759 e. The molecular formula is C11H22NO6S-. The van der Waals surface area contributed by atoms with E-state index in [0.717, 1.165) is 12.8 Å². The van der Waals surface area contributed by atoms with Gasteiger partial charge in [0, 0.05) is 30.3 Å². The molecule has 0 rings (SSSR count). The zero-order valence-corrected chi connectivity index (χ0v) is 12.5. The van der Waals surface area contributed by atoms with Gasteiger partial charge in [-0.05, 0) is 12.8 Å². The summed E-state index contributed by atoms with van der Waals surface area (Å²) in [5.41, 5.74) is -0.498. The van der Waals surface area contributed by atoms with Crippen LogP contribution in [0.25, 0.3) is 0 Å². The average Bonchev–Trinajstić information content (AvgIpc) is 2.22. The molecule has 7 nitrogen and oxygen atoms in total. The Morgan fingerprint density at radius 1 is 1.37 bits per heavy atom. The Morgan fingerprint density at radius 2 is 1.74 bits per heavy atom. The van der Waals surface area contributed by atoms with Crippen LogP contribution >= 0.6 is 0 Å². The van der Waals surface area contributed by atoms with Crippen LogP contribution in [0.15, 0.2) is 12.7 Å². The van der Waals surface area contributed by atoms with Crippen molar-refractivity contribution in [2.45, 2.75) is 52.3 Å². The highest BCUT2D eigenvalue weighted by Crippen LogP contribution is 2.01. The molecule has 0 saturated carbocycles. The Balaban J connectivity index is 0. The Labute approximate surface area is 114 Å². The van der Waals surface area contributed by atoms with Crippen LogP contribution in [-0.2, 0) is 19.9 Å². The van der Waals surface area contributed by atoms with Crippen molar-refractivity contribution in [2.24, 2.45) is 0 Å². The van der Waals surface area contributed by atoms with Crippen molar-refractivity contribution in [1.82, 2.24) is 0 Å². The molecule has 0 aliphatic rings. The molecule has 114 valence electrons. The Morgan fingerprint density at radius 3 is 2.00 bits per heavy atom. The quantitative estimate of drug-likeness (QED) is 0.239. The summed E-state index contributed by atoms with van der Waals surface area (Å²) in [6.07, 6.45) is 3.35. The van der Waals surface area contributed by atoms with E-state index in [4.69, 9.17) is 22.3 Å². The first-order valence-corrected chi connectivity index (χ1v) is 7.16. The number of quaternary nitrogens is 1. The summed E-state index contributed by atoms with van der Waals surface area (Å²) in [5.74, 6) is -0.364. The Kier molecular flexibility index (Phi) is 9.67. The number of hydrogen-bond acceptors (Lipinski definition) is 6. The van der Waals surface area contributed by atoms with E-state index in [9.17, 15) is 4.79 Å². The summed E-state index contributed by atoms with van der Waals surface area (Å²) in [7, 11) is -5.17. The SMILES string of the molecule is C=CC(=O)OC(C)(C)[NH2+]C(CC)CC.O=S(=O)([O-])[O-]. The van der Waals surface area contributed by atoms with Gasteiger partial charge in [-0.1, -0.05) is 20.4 Å². The monoisotopic (exact) mass is 296 g/mol. The van der Waals surface area contributed by atoms with Gasteiger partial charge in [-0.3, -0.25) is 8.42 Å². The molecule has 0 radical (unpaired) electrons. The van der Waals surface area contributed by atoms with Crippen LogP contribution < -0.4 is 5.32 Å². The molecule has 0 heterocycles. The standard InChI is InChI=1S/C11H21NO2.H2O4S/c1-6-9(7-2)12-11(4,5)14-10(13)8-3;1-5(2,3)4/h8-9,12H,3,6-7H2,1-2,4-5H3;(H2,1,2,3,4)/p-1. The summed E-state index contributed by atoms with van der Waals surface area (Å²) < 4.78 is 39.3. The van der Waals surface area contributed by atoms with Gasteiger partial charge in [-0.25, -0.2) is 4.79 Å². The number of esters is 1. The van der Waals surface area contributed by atoms with Gasteiger partial charge >= 0.3 is 5.97 Å². The van der Waals surface area contributed by atoms with E-state index in [1.807, 2.05) is 13.8 Å². The van der Waals surface area contributed by atoms with Crippen molar-refractivity contribution in [2.75, 3.05) is 0 Å². The zero-order chi connectivity index (χ0) is 15.7. The number of carbonyl (C=O) groups excluding carboxylic acids is 1. The Hall–Kier alpha value is -0.960. The summed E-state index contributed by atoms with van der Waals surface area (Å²) >= 11 is 0. The average molecular weight is 296 g/mol. The van der Waals surface area contributed by atoms with Crippen molar-refractivity contribution in [3.05, 3.63) is 12.7 Å². The normalized spacial score (nSPS) is 11.5. The highest BCUT2D eigenvalue weighted by atomic mass is 32.3. The lowest BCUT2D eigenvalue weighted by Gasteiger charge is -2.26. The van der Waals surface area contributed by atoms with Gasteiger partial charge in [0.25, 0.3) is 0 Å². The van der Waals surface area contributed by atoms with Crippen LogP contribution in [0.1, 0.15) is 40.5 Å². The third kappa shape index (κ3) is 17.0. The van der Waals surface area contributed by atoms with Crippen molar-refractivity contribution in [1.29, 1.82) is 0 Å². The number of carbonyl (C=O) groups is 1. The van der Waals surface area contributed by atoms with Gasteiger partial charge in [0.1, 0.15) is 0 Å². The van der Waals surface area contributed by atoms with Gasteiger partial charge in [-0.15, -0.1) is 0 Å². The highest BCUT2D eigenvalue weighted by molar-refractivity contribution is 7.79. The summed E-state index contributed by atoms with van der Waals surface area (Å²) in [5, 5.41) is 2.09. The topological polar surface area (TPSA) is 123 Å². The van der Waals surface area contributed by atoms with Gasteiger partial charge < -0.3 is 19.2 Å². The summed E-state index contributed by atoms with van der Waals surface area (Å²) in [4.78, 5) is 11.0. The summed E-state index contributed by atoms with van der Waals surface area (Å²) in [6.45, 7) is 11.4. The van der Waals surface area contributed by atoms with Crippen LogP contribution in [0.2, 0.25) is 0 Å². The molecule has 8 heteroatoms. The first-order chi connectivity index (χ1) is 8.45. The van der Waals surface area contributed by atoms with Crippen molar-refractivity contribution in [3.8, 4) is 0 Å². The molecule has 0 fully saturated rings. The molecule has 0 saturated heterocycles. The third-order valence-electron chi connectivity index (χ3n) is 2.22. The molecule has 19 heavy (non-hydrogen) atoms. The molecule has 2 N–H and O–H groups in total. The Bertz CT molecular complexity index is 365. The fraction of sp³-hybridized carbons (Fsp3) is 0.727. The fourth-order valence-electron chi connectivity index (χ4n) is 1.43. The van der Waals surface area contributed by atoms with Crippen LogP contribution in [0.3, 0.4) is 0 Å². The predicted octanol–water partition coefficient (Wildman–Crippen LogP) is -0.134. The lowest BCUT2D eigenvalue weighted by molar-refractivity contribution is -0.784. The number of ether oxygens (including phenoxy) is 1. The first-order valence-electron chi connectivity index (χ1n) is 5.83. The van der Waals surface area contributed by atoms with Gasteiger partial charge in [0.2, 0.25) is 5.72 Å². The van der Waals surface area contributed by atoms with Gasteiger partial charge in [0.05, 0.1) is 6.04 Å². The first kappa shape index (κ1) is 20.4. The fourth-order valence-corrected chi connectivity index (χ4v) is 1.43. The van der Waals surface area contributed by atoms with Crippen LogP contribution in [0.5, 0.6) is 0 Å². The molecule has 0 aliphatic heterocycles. The second-order valence-electron chi connectivity index (χ2n) is 4.38. The second kappa shape index (κ2) is 9.03. The summed E-state index contributed by atoms with van der Waals surface area (Å²) in [6, 6.07) is 0.502. The van der Waals surface area contributed by atoms with E-state index >= 15 is 0 Å². The number of rotatable bonds is 6. The van der Waals surface area contributed by atoms with E-state index in [0.29, 0.717) is 6.04 Å². The lowest BCUT2D eigenvalue weighted by atomic mass is 10.1. The van der Waals surface area contributed by atoms with Crippen LogP contribution in [0, 0.1) is 0 Å². The van der Waals surface area contributed by atoms with E-state index in [-0.39, 0.29) is 5.97 Å². The predicted molar refractivity (Wildman–Crippen MR) is 67.1 cm³/mol. The van der Waals surface area contributed by atoms with Crippen molar-refractivity contribution in [3.63, 3.8) is 0 Å². The maximum absolute atomic E-state index is 11.0. The van der Waals surface area contributed by atoms with E-state index in [1.54, 1.807) is 0 Å². The number of nitrogens with two attached hydrogens (primary N) is 1. The molecule has 0 atom stereocenters. The maximum atomic E-state index is 11.0. The molecule has 0 bridgehead atoms. The maximum Gasteiger partial charge on any atom is 0.334 e. The largest absolute Gasteiger partial charge is 0.759 e. The highest BCUT2D eigenvalue weighted by Gasteiger charge is 2.27. The van der Waals surface area contributed by atoms with E-state index in [1.165, 1.54) is 6.08 Å². The van der Waals surface area contributed by atoms with E-state index < -0.39 is 16.1 Å². The number of hydrogen-bond donors (Lipinski definition) is 1.